The summed E-state index contributed by atoms with van der Waals surface area (Å²) in [5.74, 6) is 1.16. The van der Waals surface area contributed by atoms with Crippen LogP contribution in [-0.2, 0) is 16.0 Å². The fourth-order valence-electron chi connectivity index (χ4n) is 3.88. The summed E-state index contributed by atoms with van der Waals surface area (Å²) in [6.07, 6.45) is 3.03. The number of nitrogens with zero attached hydrogens (tertiary/aromatic N) is 5. The Kier molecular flexibility index (Phi) is 7.48. The summed E-state index contributed by atoms with van der Waals surface area (Å²) in [6, 6.07) is 0.337. The molecule has 29 heavy (non-hydrogen) atoms. The first-order chi connectivity index (χ1) is 13.9. The minimum absolute atomic E-state index is 0.0752. The maximum absolute atomic E-state index is 12.5. The third-order valence-electron chi connectivity index (χ3n) is 5.61. The molecule has 1 saturated heterocycles. The van der Waals surface area contributed by atoms with E-state index in [9.17, 15) is 4.79 Å². The zero-order chi connectivity index (χ0) is 21.0. The Morgan fingerprint density at radius 2 is 1.97 bits per heavy atom. The largest absolute Gasteiger partial charge is 0.379 e. The van der Waals surface area contributed by atoms with Crippen molar-refractivity contribution in [3.05, 3.63) is 17.0 Å². The number of ether oxygens (including phenoxy) is 1. The van der Waals surface area contributed by atoms with Gasteiger partial charge >= 0.3 is 0 Å². The SMILES string of the molecule is CSc1nc2nc(C)c(CCC(=O)NCC(C(C)C)N3CCOCC3)c(C)n2n1. The van der Waals surface area contributed by atoms with E-state index < -0.39 is 0 Å². The lowest BCUT2D eigenvalue weighted by Crippen LogP contribution is -2.51. The van der Waals surface area contributed by atoms with Crippen molar-refractivity contribution in [2.75, 3.05) is 39.1 Å². The molecule has 1 atom stereocenters. The second-order valence-corrected chi connectivity index (χ2v) is 8.61. The molecule has 0 saturated carbocycles. The fourth-order valence-corrected chi connectivity index (χ4v) is 4.22. The lowest BCUT2D eigenvalue weighted by atomic mass is 10.0. The van der Waals surface area contributed by atoms with Crippen LogP contribution < -0.4 is 5.32 Å². The number of aryl methyl sites for hydroxylation is 2. The molecule has 3 heterocycles. The third kappa shape index (κ3) is 5.26. The average molecular weight is 421 g/mol. The van der Waals surface area contributed by atoms with E-state index in [1.54, 1.807) is 4.52 Å². The first kappa shape index (κ1) is 22.0. The van der Waals surface area contributed by atoms with Gasteiger partial charge in [-0.05, 0) is 38.0 Å². The van der Waals surface area contributed by atoms with Crippen molar-refractivity contribution in [1.29, 1.82) is 0 Å². The predicted octanol–water partition coefficient (Wildman–Crippen LogP) is 1.87. The molecule has 1 amide bonds. The minimum Gasteiger partial charge on any atom is -0.379 e. The number of rotatable bonds is 8. The molecule has 160 valence electrons. The number of carbonyl (C=O) groups is 1. The number of hydrogen-bond donors (Lipinski definition) is 1. The molecule has 0 spiro atoms. The summed E-state index contributed by atoms with van der Waals surface area (Å²) in [5, 5.41) is 8.33. The number of aromatic nitrogens is 4. The van der Waals surface area contributed by atoms with Gasteiger partial charge in [0.2, 0.25) is 11.1 Å². The van der Waals surface area contributed by atoms with Crippen molar-refractivity contribution in [1.82, 2.24) is 29.8 Å². The van der Waals surface area contributed by atoms with Gasteiger partial charge in [-0.1, -0.05) is 25.6 Å². The number of hydrogen-bond acceptors (Lipinski definition) is 7. The van der Waals surface area contributed by atoms with E-state index in [-0.39, 0.29) is 5.91 Å². The van der Waals surface area contributed by atoms with E-state index >= 15 is 0 Å². The lowest BCUT2D eigenvalue weighted by Gasteiger charge is -2.36. The second kappa shape index (κ2) is 9.86. The van der Waals surface area contributed by atoms with Crippen LogP contribution in [0.5, 0.6) is 0 Å². The predicted molar refractivity (Wildman–Crippen MR) is 114 cm³/mol. The van der Waals surface area contributed by atoms with Crippen LogP contribution in [0.15, 0.2) is 5.16 Å². The molecule has 9 heteroatoms. The number of thioether (sulfide) groups is 1. The number of morpholine rings is 1. The number of fused-ring (bicyclic) bond motifs is 1. The Morgan fingerprint density at radius 1 is 1.24 bits per heavy atom. The van der Waals surface area contributed by atoms with E-state index in [2.05, 4.69) is 39.1 Å². The van der Waals surface area contributed by atoms with E-state index in [0.717, 1.165) is 43.3 Å². The molecular weight excluding hydrogens is 388 g/mol. The van der Waals surface area contributed by atoms with Gasteiger partial charge in [-0.2, -0.15) is 4.98 Å². The average Bonchev–Trinajstić information content (AvgIpc) is 3.12. The molecule has 1 unspecified atom stereocenters. The fraction of sp³-hybridized carbons (Fsp3) is 0.700. The Labute approximate surface area is 176 Å². The minimum atomic E-state index is 0.0752. The maximum Gasteiger partial charge on any atom is 0.253 e. The molecule has 1 fully saturated rings. The molecule has 0 bridgehead atoms. The first-order valence-electron chi connectivity index (χ1n) is 10.3. The normalized spacial score (nSPS) is 16.5. The molecule has 0 radical (unpaired) electrons. The van der Waals surface area contributed by atoms with Crippen molar-refractivity contribution in [3.8, 4) is 0 Å². The van der Waals surface area contributed by atoms with Gasteiger partial charge in [0.15, 0.2) is 0 Å². The molecule has 3 rings (SSSR count). The summed E-state index contributed by atoms with van der Waals surface area (Å²) in [5.41, 5.74) is 2.98. The van der Waals surface area contributed by atoms with E-state index in [0.29, 0.717) is 42.3 Å². The summed E-state index contributed by atoms with van der Waals surface area (Å²) >= 11 is 1.50. The molecule has 1 aliphatic rings. The highest BCUT2D eigenvalue weighted by Gasteiger charge is 2.24. The van der Waals surface area contributed by atoms with Gasteiger partial charge in [-0.3, -0.25) is 9.69 Å². The second-order valence-electron chi connectivity index (χ2n) is 7.84. The highest BCUT2D eigenvalue weighted by Crippen LogP contribution is 2.18. The smallest absolute Gasteiger partial charge is 0.253 e. The van der Waals surface area contributed by atoms with Gasteiger partial charge in [0.1, 0.15) is 0 Å². The van der Waals surface area contributed by atoms with Crippen molar-refractivity contribution in [2.24, 2.45) is 5.92 Å². The van der Waals surface area contributed by atoms with Crippen LogP contribution in [0.2, 0.25) is 0 Å². The Balaban J connectivity index is 1.60. The molecule has 1 N–H and O–H groups in total. The lowest BCUT2D eigenvalue weighted by molar-refractivity contribution is -0.121. The zero-order valence-electron chi connectivity index (χ0n) is 18.1. The molecule has 1 aliphatic heterocycles. The van der Waals surface area contributed by atoms with Gasteiger partial charge in [-0.15, -0.1) is 5.10 Å². The van der Waals surface area contributed by atoms with Crippen molar-refractivity contribution in [3.63, 3.8) is 0 Å². The summed E-state index contributed by atoms with van der Waals surface area (Å²) in [4.78, 5) is 24.0. The van der Waals surface area contributed by atoms with Crippen LogP contribution in [0.4, 0.5) is 0 Å². The zero-order valence-corrected chi connectivity index (χ0v) is 18.9. The summed E-state index contributed by atoms with van der Waals surface area (Å²) < 4.78 is 7.23. The molecule has 2 aromatic rings. The highest BCUT2D eigenvalue weighted by molar-refractivity contribution is 7.98. The molecule has 8 nitrogen and oxygen atoms in total. The van der Waals surface area contributed by atoms with E-state index in [1.165, 1.54) is 11.8 Å². The Bertz CT molecular complexity index is 847. The van der Waals surface area contributed by atoms with Crippen LogP contribution in [0, 0.1) is 19.8 Å². The van der Waals surface area contributed by atoms with E-state index in [1.807, 2.05) is 20.1 Å². The number of carbonyl (C=O) groups excluding carboxylic acids is 1. The maximum atomic E-state index is 12.5. The monoisotopic (exact) mass is 420 g/mol. The van der Waals surface area contributed by atoms with Gasteiger partial charge in [-0.25, -0.2) is 9.50 Å². The number of nitrogens with one attached hydrogen (secondary N) is 1. The van der Waals surface area contributed by atoms with Crippen molar-refractivity contribution >= 4 is 23.4 Å². The molecule has 0 aliphatic carbocycles. The Hall–Kier alpha value is -1.71. The van der Waals surface area contributed by atoms with Crippen LogP contribution in [0.1, 0.15) is 37.2 Å². The van der Waals surface area contributed by atoms with Crippen LogP contribution in [0.3, 0.4) is 0 Å². The first-order valence-corrected chi connectivity index (χ1v) is 11.5. The quantitative estimate of drug-likeness (QED) is 0.653. The van der Waals surface area contributed by atoms with Crippen LogP contribution in [0.25, 0.3) is 5.78 Å². The Morgan fingerprint density at radius 3 is 2.62 bits per heavy atom. The van der Waals surface area contributed by atoms with Crippen molar-refractivity contribution in [2.45, 2.75) is 51.7 Å². The molecule has 2 aromatic heterocycles. The third-order valence-corrected chi connectivity index (χ3v) is 6.14. The molecular formula is C20H32N6O2S. The topological polar surface area (TPSA) is 84.7 Å². The van der Waals surface area contributed by atoms with Crippen LogP contribution in [-0.4, -0.2) is 75.5 Å². The summed E-state index contributed by atoms with van der Waals surface area (Å²) in [6.45, 7) is 12.5. The van der Waals surface area contributed by atoms with Gasteiger partial charge in [0.25, 0.3) is 5.78 Å². The molecule has 0 aromatic carbocycles. The highest BCUT2D eigenvalue weighted by atomic mass is 32.2. The number of amides is 1. The van der Waals surface area contributed by atoms with Crippen molar-refractivity contribution < 1.29 is 9.53 Å². The van der Waals surface area contributed by atoms with E-state index in [4.69, 9.17) is 4.74 Å². The van der Waals surface area contributed by atoms with Crippen LogP contribution >= 0.6 is 11.8 Å². The summed E-state index contributed by atoms with van der Waals surface area (Å²) in [7, 11) is 0. The van der Waals surface area contributed by atoms with Gasteiger partial charge in [0, 0.05) is 43.5 Å². The van der Waals surface area contributed by atoms with Gasteiger partial charge < -0.3 is 10.1 Å². The van der Waals surface area contributed by atoms with Gasteiger partial charge in [0.05, 0.1) is 13.2 Å². The standard InChI is InChI=1S/C20H32N6O2S/c1-13(2)17(25-8-10-28-11-9-25)12-21-18(27)7-6-16-14(3)22-19-23-20(29-5)24-26(19)15(16)4/h13,17H,6-12H2,1-5H3,(H,21,27).